The molecule has 1 fully saturated rings. The molecule has 1 aliphatic rings. The van der Waals surface area contributed by atoms with E-state index in [2.05, 4.69) is 87.4 Å². The number of amides is 8. The van der Waals surface area contributed by atoms with Gasteiger partial charge in [0.1, 0.15) is 48.3 Å². The first kappa shape index (κ1) is 56.8. The molecule has 0 spiro atoms. The molecule has 1 aliphatic heterocycles. The standard InChI is InChI=1S/C39H62N16O12S2/c1-18(48-36(64)29(19(2)57)54-33(61)24(9-20-11-43-16-46-20)50-31(59)22(40)14-68)30(58)51-25(10-21-12-44-17-47-21)37(65)55-8-4-6-28(55)35(63)49-23(5-3-7-45-39(41)42)32(60)52-26(13-56)34(62)53-27(15-69)38(66)67/h11-12,16-19,22-29,56-57,68-69H,3-10,13-15,40H2,1-2H3,(H,43,46)(H,44,47)(H,48,64)(H,49,63)(H,50,59)(H,51,58)(H,52,60)(H,53,62)(H,54,61)(H,66,67)(H4,41,42,45)/t18-,19+,22-,23-,24-,25-,26-,27-,28-,29-/m0/s1. The maximum absolute atomic E-state index is 14.4. The van der Waals surface area contributed by atoms with Crippen LogP contribution < -0.4 is 54.4 Å². The molecule has 0 unspecified atom stereocenters. The SMILES string of the molecule is C[C@H](NC(=O)[C@@H](NC(=O)[C@H](Cc1cnc[nH]1)NC(=O)[C@@H](N)CS)[C@@H](C)O)C(=O)N[C@@H](Cc1cnc[nH]1)C(=O)N1CCC[C@H]1C(=O)N[C@@H](CCCN=C(N)N)C(=O)N[C@@H](CO)C(=O)N[C@@H](CS)C(=O)O. The van der Waals surface area contributed by atoms with E-state index < -0.39 is 120 Å². The fourth-order valence-electron chi connectivity index (χ4n) is 6.80. The van der Waals surface area contributed by atoms with E-state index in [1.807, 2.05) is 0 Å². The van der Waals surface area contributed by atoms with Gasteiger partial charge in [0.25, 0.3) is 0 Å². The van der Waals surface area contributed by atoms with Gasteiger partial charge in [-0.15, -0.1) is 0 Å². The molecule has 2 aromatic heterocycles. The summed E-state index contributed by atoms with van der Waals surface area (Å²) in [7, 11) is 0. The topological polar surface area (TPSA) is 450 Å². The minimum absolute atomic E-state index is 0.0315. The number of nitrogens with one attached hydrogen (secondary N) is 9. The van der Waals surface area contributed by atoms with Gasteiger partial charge in [0.15, 0.2) is 5.96 Å². The number of aliphatic imine (C=N–C) groups is 1. The number of nitrogens with zero attached hydrogens (tertiary/aromatic N) is 4. The second kappa shape index (κ2) is 28.1. The lowest BCUT2D eigenvalue weighted by Gasteiger charge is -2.31. The van der Waals surface area contributed by atoms with E-state index in [9.17, 15) is 58.5 Å². The van der Waals surface area contributed by atoms with Crippen molar-refractivity contribution in [1.29, 1.82) is 0 Å². The molecule has 3 rings (SSSR count). The van der Waals surface area contributed by atoms with Gasteiger partial charge in [0.2, 0.25) is 47.3 Å². The number of carboxylic acids is 1. The Kier molecular flexibility index (Phi) is 23.1. The average Bonchev–Trinajstić information content (AvgIpc) is 4.13. The van der Waals surface area contributed by atoms with E-state index in [1.54, 1.807) is 0 Å². The zero-order valence-corrected chi connectivity index (χ0v) is 39.6. The third-order valence-electron chi connectivity index (χ3n) is 10.6. The van der Waals surface area contributed by atoms with E-state index in [4.69, 9.17) is 17.2 Å². The summed E-state index contributed by atoms with van der Waals surface area (Å²) in [6.07, 6.45) is 4.21. The lowest BCUT2D eigenvalue weighted by Crippen LogP contribution is -2.61. The zero-order chi connectivity index (χ0) is 51.4. The van der Waals surface area contributed by atoms with Crippen molar-refractivity contribution in [3.8, 4) is 0 Å². The summed E-state index contributed by atoms with van der Waals surface area (Å²) in [6, 6.07) is -12.4. The highest BCUT2D eigenvalue weighted by molar-refractivity contribution is 7.80. The highest BCUT2D eigenvalue weighted by Gasteiger charge is 2.40. The number of H-pyrrole nitrogens is 2. The van der Waals surface area contributed by atoms with Gasteiger partial charge in [-0.3, -0.25) is 43.3 Å². The molecule has 0 aromatic carbocycles. The summed E-state index contributed by atoms with van der Waals surface area (Å²) in [5.74, 6) is -8.96. The Hall–Kier alpha value is -6.50. The van der Waals surface area contributed by atoms with Gasteiger partial charge in [-0.1, -0.05) is 0 Å². The molecule has 0 saturated carbocycles. The van der Waals surface area contributed by atoms with Crippen molar-refractivity contribution >= 4 is 84.4 Å². The van der Waals surface area contributed by atoms with Crippen molar-refractivity contribution in [2.45, 2.75) is 113 Å². The molecule has 0 aliphatic carbocycles. The van der Waals surface area contributed by atoms with E-state index in [0.717, 1.165) is 0 Å². The van der Waals surface area contributed by atoms with Crippen molar-refractivity contribution in [1.82, 2.24) is 62.1 Å². The number of hydrogen-bond donors (Lipinski definition) is 17. The van der Waals surface area contributed by atoms with Gasteiger partial charge in [-0.05, 0) is 39.5 Å². The molecule has 69 heavy (non-hydrogen) atoms. The van der Waals surface area contributed by atoms with Gasteiger partial charge < -0.3 is 84.6 Å². The van der Waals surface area contributed by atoms with Crippen LogP contribution >= 0.6 is 25.3 Å². The predicted octanol–water partition coefficient (Wildman–Crippen LogP) is -6.98. The Morgan fingerprint density at radius 1 is 0.768 bits per heavy atom. The Morgan fingerprint density at radius 3 is 1.87 bits per heavy atom. The fraction of sp³-hybridized carbons (Fsp3) is 0.590. The van der Waals surface area contributed by atoms with Crippen LogP contribution in [0.3, 0.4) is 0 Å². The van der Waals surface area contributed by atoms with Gasteiger partial charge in [0, 0.05) is 61.2 Å². The molecular weight excluding hydrogens is 949 g/mol. The molecule has 0 bridgehead atoms. The number of likely N-dealkylation sites (tertiary alicyclic amines) is 1. The Labute approximate surface area is 406 Å². The molecule has 3 heterocycles. The number of carboxylic acid groups (broad SMARTS) is 1. The summed E-state index contributed by atoms with van der Waals surface area (Å²) >= 11 is 7.90. The fourth-order valence-corrected chi connectivity index (χ4v) is 7.21. The number of hydrogen-bond acceptors (Lipinski definition) is 17. The number of imidazole rings is 2. The smallest absolute Gasteiger partial charge is 0.327 e. The molecule has 1 saturated heterocycles. The number of nitrogens with two attached hydrogens (primary N) is 3. The minimum Gasteiger partial charge on any atom is -0.480 e. The van der Waals surface area contributed by atoms with Crippen LogP contribution in [0.2, 0.25) is 0 Å². The lowest BCUT2D eigenvalue weighted by atomic mass is 10.1. The highest BCUT2D eigenvalue weighted by Crippen LogP contribution is 2.20. The number of aliphatic carboxylic acids is 1. The molecule has 382 valence electrons. The Bertz CT molecular complexity index is 2090. The van der Waals surface area contributed by atoms with E-state index >= 15 is 0 Å². The zero-order valence-electron chi connectivity index (χ0n) is 37.8. The number of rotatable bonds is 28. The van der Waals surface area contributed by atoms with Crippen molar-refractivity contribution in [2.24, 2.45) is 22.2 Å². The largest absolute Gasteiger partial charge is 0.480 e. The van der Waals surface area contributed by atoms with Gasteiger partial charge in [0.05, 0.1) is 31.4 Å². The third kappa shape index (κ3) is 17.8. The second-order valence-corrected chi connectivity index (χ2v) is 16.7. The molecule has 28 nitrogen and oxygen atoms in total. The van der Waals surface area contributed by atoms with Crippen molar-refractivity contribution in [2.75, 3.05) is 31.2 Å². The first-order valence-corrected chi connectivity index (χ1v) is 22.9. The first-order chi connectivity index (χ1) is 32.7. The van der Waals surface area contributed by atoms with Crippen molar-refractivity contribution in [3.05, 3.63) is 36.4 Å². The molecule has 0 radical (unpaired) electrons. The van der Waals surface area contributed by atoms with Crippen LogP contribution in [0.25, 0.3) is 0 Å². The van der Waals surface area contributed by atoms with E-state index in [1.165, 1.54) is 43.8 Å². The third-order valence-corrected chi connectivity index (χ3v) is 11.3. The van der Waals surface area contributed by atoms with Crippen molar-refractivity contribution < 1.29 is 58.5 Å². The maximum Gasteiger partial charge on any atom is 0.327 e. The lowest BCUT2D eigenvalue weighted by molar-refractivity contribution is -0.143. The van der Waals surface area contributed by atoms with Gasteiger partial charge in [-0.2, -0.15) is 25.3 Å². The average molecular weight is 1010 g/mol. The highest BCUT2D eigenvalue weighted by atomic mass is 32.1. The predicted molar refractivity (Wildman–Crippen MR) is 251 cm³/mol. The minimum atomic E-state index is -1.65. The van der Waals surface area contributed by atoms with Crippen LogP contribution in [0.4, 0.5) is 0 Å². The number of guanidine groups is 1. The van der Waals surface area contributed by atoms with Gasteiger partial charge in [-0.25, -0.2) is 14.8 Å². The van der Waals surface area contributed by atoms with Crippen LogP contribution in [-0.4, -0.2) is 191 Å². The Balaban J connectivity index is 1.78. The summed E-state index contributed by atoms with van der Waals surface area (Å²) in [6.45, 7) is 1.63. The van der Waals surface area contributed by atoms with Gasteiger partial charge >= 0.3 is 5.97 Å². The Morgan fingerprint density at radius 2 is 1.33 bits per heavy atom. The number of aromatic amines is 2. The second-order valence-electron chi connectivity index (χ2n) is 16.0. The molecule has 30 heteroatoms. The number of aromatic nitrogens is 4. The number of thiol groups is 2. The van der Waals surface area contributed by atoms with E-state index in [-0.39, 0.29) is 62.7 Å². The summed E-state index contributed by atoms with van der Waals surface area (Å²) in [5, 5.41) is 46.8. The quantitative estimate of drug-likeness (QED) is 0.0163. The van der Waals surface area contributed by atoms with Crippen LogP contribution in [0.5, 0.6) is 0 Å². The van der Waals surface area contributed by atoms with Crippen LogP contribution in [0.1, 0.15) is 50.9 Å². The van der Waals surface area contributed by atoms with Crippen LogP contribution in [0.15, 0.2) is 30.0 Å². The summed E-state index contributed by atoms with van der Waals surface area (Å²) in [5.41, 5.74) is 17.5. The molecule has 2 aromatic rings. The van der Waals surface area contributed by atoms with Crippen LogP contribution in [0, 0.1) is 0 Å². The number of carbonyl (C=O) groups excluding carboxylic acids is 8. The number of carbonyl (C=O) groups is 9. The number of aliphatic hydroxyl groups excluding tert-OH is 2. The van der Waals surface area contributed by atoms with E-state index in [0.29, 0.717) is 17.8 Å². The van der Waals surface area contributed by atoms with Crippen molar-refractivity contribution in [3.63, 3.8) is 0 Å². The molecule has 18 N–H and O–H groups in total. The normalized spacial score (nSPS) is 17.2. The molecular formula is C39H62N16O12S2. The maximum atomic E-state index is 14.4. The molecule has 8 amide bonds. The monoisotopic (exact) mass is 1010 g/mol. The summed E-state index contributed by atoms with van der Waals surface area (Å²) < 4.78 is 0. The number of aliphatic hydroxyl groups is 2. The first-order valence-electron chi connectivity index (χ1n) is 21.6. The van der Waals surface area contributed by atoms with Crippen LogP contribution in [-0.2, 0) is 56.0 Å². The molecule has 10 atom stereocenters. The summed E-state index contributed by atoms with van der Waals surface area (Å²) in [4.78, 5) is 138.